The fourth-order valence-electron chi connectivity index (χ4n) is 5.74. The largest absolute Gasteiger partial charge is 0.396 e. The van der Waals surface area contributed by atoms with Gasteiger partial charge < -0.3 is 20.3 Å². The molecule has 164 valence electrons. The Labute approximate surface area is 181 Å². The van der Waals surface area contributed by atoms with Crippen LogP contribution in [0.15, 0.2) is 41.5 Å². The molecule has 3 aliphatic rings. The SMILES string of the molecule is O=C(NCC1CCCCC1)[C@@H]1[C@@H](CO)[C@@H]2Cn3c(ccc(-c4cccnc4)c3=O)[C@H]1N2. The van der Waals surface area contributed by atoms with Gasteiger partial charge in [-0.2, -0.15) is 0 Å². The molecular weight excluding hydrogens is 392 g/mol. The molecule has 0 radical (unpaired) electrons. The van der Waals surface area contributed by atoms with Gasteiger partial charge in [0.1, 0.15) is 0 Å². The van der Waals surface area contributed by atoms with Crippen molar-refractivity contribution in [2.75, 3.05) is 13.2 Å². The molecule has 7 nitrogen and oxygen atoms in total. The first kappa shape index (κ1) is 20.4. The van der Waals surface area contributed by atoms with E-state index in [-0.39, 0.29) is 42.0 Å². The molecular formula is C24H30N4O3. The smallest absolute Gasteiger partial charge is 0.258 e. The molecule has 1 saturated heterocycles. The summed E-state index contributed by atoms with van der Waals surface area (Å²) in [6, 6.07) is 7.10. The van der Waals surface area contributed by atoms with Gasteiger partial charge >= 0.3 is 0 Å². The topological polar surface area (TPSA) is 96.2 Å². The molecule has 2 bridgehead atoms. The van der Waals surface area contributed by atoms with Crippen LogP contribution in [0.4, 0.5) is 0 Å². The maximum atomic E-state index is 13.3. The monoisotopic (exact) mass is 422 g/mol. The van der Waals surface area contributed by atoms with Gasteiger partial charge in [0, 0.05) is 60.9 Å². The Morgan fingerprint density at radius 2 is 2.06 bits per heavy atom. The molecule has 31 heavy (non-hydrogen) atoms. The Hall–Kier alpha value is -2.51. The van der Waals surface area contributed by atoms with Crippen LogP contribution in [0.5, 0.6) is 0 Å². The molecule has 1 amide bonds. The summed E-state index contributed by atoms with van der Waals surface area (Å²) in [5.74, 6) is -0.0497. The predicted molar refractivity (Wildman–Crippen MR) is 117 cm³/mol. The number of carbonyl (C=O) groups is 1. The molecule has 0 aromatic carbocycles. The summed E-state index contributed by atoms with van der Waals surface area (Å²) in [6.07, 6.45) is 9.50. The van der Waals surface area contributed by atoms with E-state index in [1.807, 2.05) is 24.3 Å². The van der Waals surface area contributed by atoms with Gasteiger partial charge in [0.2, 0.25) is 5.91 Å². The molecule has 2 aromatic heterocycles. The summed E-state index contributed by atoms with van der Waals surface area (Å²) in [4.78, 5) is 30.6. The first-order valence-electron chi connectivity index (χ1n) is 11.5. The Morgan fingerprint density at radius 1 is 1.23 bits per heavy atom. The Kier molecular flexibility index (Phi) is 5.63. The quantitative estimate of drug-likeness (QED) is 0.684. The number of aromatic nitrogens is 2. The van der Waals surface area contributed by atoms with Crippen molar-refractivity contribution < 1.29 is 9.90 Å². The number of nitrogens with one attached hydrogen (secondary N) is 2. The second-order valence-electron chi connectivity index (χ2n) is 9.20. The lowest BCUT2D eigenvalue weighted by Gasteiger charge is -2.28. The molecule has 1 saturated carbocycles. The lowest BCUT2D eigenvalue weighted by molar-refractivity contribution is -0.127. The van der Waals surface area contributed by atoms with Gasteiger partial charge in [0.15, 0.2) is 0 Å². The van der Waals surface area contributed by atoms with Crippen molar-refractivity contribution in [3.05, 3.63) is 52.7 Å². The van der Waals surface area contributed by atoms with E-state index in [1.54, 1.807) is 17.0 Å². The highest BCUT2D eigenvalue weighted by atomic mass is 16.3. The number of fused-ring (bicyclic) bond motifs is 4. The molecule has 5 rings (SSSR count). The van der Waals surface area contributed by atoms with Gasteiger partial charge in [-0.25, -0.2) is 0 Å². The minimum absolute atomic E-state index is 0.0122. The molecule has 4 heterocycles. The lowest BCUT2D eigenvalue weighted by atomic mass is 9.85. The number of nitrogens with zero attached hydrogens (tertiary/aromatic N) is 2. The summed E-state index contributed by atoms with van der Waals surface area (Å²) in [7, 11) is 0. The number of pyridine rings is 2. The molecule has 0 unspecified atom stereocenters. The number of amides is 1. The number of aliphatic hydroxyl groups excluding tert-OH is 1. The van der Waals surface area contributed by atoms with E-state index in [2.05, 4.69) is 15.6 Å². The van der Waals surface area contributed by atoms with Crippen LogP contribution < -0.4 is 16.2 Å². The van der Waals surface area contributed by atoms with Crippen LogP contribution in [-0.2, 0) is 11.3 Å². The van der Waals surface area contributed by atoms with Gasteiger partial charge in [0.05, 0.1) is 12.0 Å². The van der Waals surface area contributed by atoms with Crippen molar-refractivity contribution >= 4 is 5.91 Å². The van der Waals surface area contributed by atoms with E-state index < -0.39 is 0 Å². The molecule has 7 heteroatoms. The standard InChI is InChI=1S/C24H30N4O3/c29-14-18-19-13-28-20(9-8-17(24(28)31)16-7-4-10-25-12-16)22(27-19)21(18)23(30)26-11-15-5-2-1-3-6-15/h4,7-10,12,15,18-19,21-22,27,29H,1-3,5-6,11,13-14H2,(H,26,30)/t18-,19-,21+,22+/m0/s1. The third-order valence-electron chi connectivity index (χ3n) is 7.41. The highest BCUT2D eigenvalue weighted by Crippen LogP contribution is 2.41. The van der Waals surface area contributed by atoms with E-state index in [0.717, 1.165) is 11.3 Å². The summed E-state index contributed by atoms with van der Waals surface area (Å²) >= 11 is 0. The third kappa shape index (κ3) is 3.70. The van der Waals surface area contributed by atoms with E-state index in [9.17, 15) is 14.7 Å². The van der Waals surface area contributed by atoms with Crippen molar-refractivity contribution in [3.63, 3.8) is 0 Å². The maximum Gasteiger partial charge on any atom is 0.258 e. The van der Waals surface area contributed by atoms with E-state index in [0.29, 0.717) is 24.6 Å². The van der Waals surface area contributed by atoms with Crippen LogP contribution in [-0.4, -0.2) is 39.8 Å². The first-order valence-corrected chi connectivity index (χ1v) is 11.5. The Bertz CT molecular complexity index is 1000. The molecule has 0 spiro atoms. The summed E-state index contributed by atoms with van der Waals surface area (Å²) in [5, 5.41) is 16.8. The Morgan fingerprint density at radius 3 is 2.81 bits per heavy atom. The molecule has 2 aliphatic heterocycles. The van der Waals surface area contributed by atoms with Crippen molar-refractivity contribution in [2.45, 2.75) is 50.7 Å². The van der Waals surface area contributed by atoms with Gasteiger partial charge in [-0.05, 0) is 37.0 Å². The summed E-state index contributed by atoms with van der Waals surface area (Å²) in [6.45, 7) is 1.09. The fourth-order valence-corrected chi connectivity index (χ4v) is 5.74. The Balaban J connectivity index is 1.42. The highest BCUT2D eigenvalue weighted by molar-refractivity contribution is 5.80. The van der Waals surface area contributed by atoms with Crippen LogP contribution in [0.25, 0.3) is 11.1 Å². The van der Waals surface area contributed by atoms with Crippen LogP contribution >= 0.6 is 0 Å². The van der Waals surface area contributed by atoms with Crippen molar-refractivity contribution in [1.82, 2.24) is 20.2 Å². The van der Waals surface area contributed by atoms with Gasteiger partial charge in [-0.1, -0.05) is 25.3 Å². The van der Waals surface area contributed by atoms with E-state index in [4.69, 9.17) is 0 Å². The summed E-state index contributed by atoms with van der Waals surface area (Å²) in [5.41, 5.74) is 2.15. The number of aliphatic hydroxyl groups is 1. The first-order chi connectivity index (χ1) is 15.2. The number of hydrogen-bond donors (Lipinski definition) is 3. The molecule has 2 fully saturated rings. The molecule has 1 aliphatic carbocycles. The number of rotatable bonds is 5. The van der Waals surface area contributed by atoms with Gasteiger partial charge in [0.25, 0.3) is 5.56 Å². The van der Waals surface area contributed by atoms with E-state index >= 15 is 0 Å². The van der Waals surface area contributed by atoms with Crippen molar-refractivity contribution in [3.8, 4) is 11.1 Å². The predicted octanol–water partition coefficient (Wildman–Crippen LogP) is 1.86. The molecule has 4 atom stereocenters. The minimum Gasteiger partial charge on any atom is -0.396 e. The maximum absolute atomic E-state index is 13.3. The zero-order chi connectivity index (χ0) is 21.4. The van der Waals surface area contributed by atoms with Gasteiger partial charge in [-0.15, -0.1) is 0 Å². The second kappa shape index (κ2) is 8.55. The third-order valence-corrected chi connectivity index (χ3v) is 7.41. The van der Waals surface area contributed by atoms with E-state index in [1.165, 1.54) is 32.1 Å². The molecule has 3 N–H and O–H groups in total. The normalized spacial score (nSPS) is 27.6. The van der Waals surface area contributed by atoms with Crippen molar-refractivity contribution in [2.24, 2.45) is 17.8 Å². The second-order valence-corrected chi connectivity index (χ2v) is 9.20. The van der Waals surface area contributed by atoms with Crippen LogP contribution in [0.3, 0.4) is 0 Å². The van der Waals surface area contributed by atoms with Crippen LogP contribution in [0.1, 0.15) is 43.8 Å². The molecule has 2 aromatic rings. The highest BCUT2D eigenvalue weighted by Gasteiger charge is 2.50. The zero-order valence-corrected chi connectivity index (χ0v) is 17.7. The van der Waals surface area contributed by atoms with Crippen LogP contribution in [0, 0.1) is 17.8 Å². The fraction of sp³-hybridized carbons (Fsp3) is 0.542. The zero-order valence-electron chi connectivity index (χ0n) is 17.7. The minimum atomic E-state index is -0.379. The van der Waals surface area contributed by atoms with Crippen LogP contribution in [0.2, 0.25) is 0 Å². The average molecular weight is 423 g/mol. The van der Waals surface area contributed by atoms with Gasteiger partial charge in [-0.3, -0.25) is 14.6 Å². The summed E-state index contributed by atoms with van der Waals surface area (Å²) < 4.78 is 1.78. The lowest BCUT2D eigenvalue weighted by Crippen LogP contribution is -2.43. The average Bonchev–Trinajstić information content (AvgIpc) is 3.12. The number of hydrogen-bond acceptors (Lipinski definition) is 5. The van der Waals surface area contributed by atoms with Crippen molar-refractivity contribution in [1.29, 1.82) is 0 Å². The number of carbonyl (C=O) groups excluding carboxylic acids is 1.